The summed E-state index contributed by atoms with van der Waals surface area (Å²) in [5, 5.41) is 2.89. The third kappa shape index (κ3) is 3.72. The van der Waals surface area contributed by atoms with Crippen molar-refractivity contribution in [3.05, 3.63) is 63.6 Å². The summed E-state index contributed by atoms with van der Waals surface area (Å²) in [6.07, 6.45) is 0. The number of hydrogen-bond acceptors (Lipinski definition) is 4. The molecular weight excluding hydrogens is 444 g/mol. The number of urea groups is 1. The number of halogens is 1. The Labute approximate surface area is 186 Å². The van der Waals surface area contributed by atoms with Gasteiger partial charge in [-0.1, -0.05) is 40.2 Å². The van der Waals surface area contributed by atoms with Crippen molar-refractivity contribution in [3.63, 3.8) is 0 Å². The minimum absolute atomic E-state index is 0.206. The van der Waals surface area contributed by atoms with Gasteiger partial charge in [-0.15, -0.1) is 0 Å². The summed E-state index contributed by atoms with van der Waals surface area (Å²) < 4.78 is 0.879. The molecule has 1 unspecified atom stereocenters. The van der Waals surface area contributed by atoms with E-state index < -0.39 is 5.54 Å². The molecule has 0 aliphatic carbocycles. The second kappa shape index (κ2) is 8.04. The molecule has 1 N–H and O–H groups in total. The SMILES string of the molecule is Cc1cccc(N2CCN(CN3C(=O)NC(C)(c4cccc(Br)c4)C3=O)CC2)c1C. The van der Waals surface area contributed by atoms with Crippen LogP contribution in [-0.2, 0) is 10.3 Å². The highest BCUT2D eigenvalue weighted by Gasteiger charge is 2.49. The van der Waals surface area contributed by atoms with Gasteiger partial charge < -0.3 is 10.2 Å². The van der Waals surface area contributed by atoms with Crippen LogP contribution in [0.3, 0.4) is 0 Å². The molecule has 3 amide bonds. The molecule has 30 heavy (non-hydrogen) atoms. The van der Waals surface area contributed by atoms with Gasteiger partial charge in [-0.3, -0.25) is 9.69 Å². The van der Waals surface area contributed by atoms with Gasteiger partial charge in [0.05, 0.1) is 6.67 Å². The molecule has 0 spiro atoms. The van der Waals surface area contributed by atoms with Gasteiger partial charge >= 0.3 is 6.03 Å². The Hall–Kier alpha value is -2.38. The number of carbonyl (C=O) groups excluding carboxylic acids is 2. The molecule has 6 nitrogen and oxygen atoms in total. The number of anilines is 1. The van der Waals surface area contributed by atoms with Gasteiger partial charge in [0.1, 0.15) is 5.54 Å². The van der Waals surface area contributed by atoms with E-state index in [1.807, 2.05) is 24.3 Å². The van der Waals surface area contributed by atoms with E-state index in [0.29, 0.717) is 6.67 Å². The van der Waals surface area contributed by atoms with Crippen LogP contribution in [0.2, 0.25) is 0 Å². The number of carbonyl (C=O) groups is 2. The fraction of sp³-hybridized carbons (Fsp3) is 0.391. The zero-order valence-corrected chi connectivity index (χ0v) is 19.2. The summed E-state index contributed by atoms with van der Waals surface area (Å²) in [6.45, 7) is 9.73. The molecule has 4 rings (SSSR count). The van der Waals surface area contributed by atoms with Crippen molar-refractivity contribution in [3.8, 4) is 0 Å². The lowest BCUT2D eigenvalue weighted by molar-refractivity contribution is -0.132. The predicted molar refractivity (Wildman–Crippen MR) is 121 cm³/mol. The monoisotopic (exact) mass is 470 g/mol. The topological polar surface area (TPSA) is 55.9 Å². The second-order valence-electron chi connectivity index (χ2n) is 8.26. The normalized spacial score (nSPS) is 22.5. The lowest BCUT2D eigenvalue weighted by Crippen LogP contribution is -2.51. The van der Waals surface area contributed by atoms with Crippen molar-refractivity contribution >= 4 is 33.6 Å². The van der Waals surface area contributed by atoms with Crippen molar-refractivity contribution in [1.29, 1.82) is 0 Å². The highest BCUT2D eigenvalue weighted by Crippen LogP contribution is 2.31. The quantitative estimate of drug-likeness (QED) is 0.693. The smallest absolute Gasteiger partial charge is 0.326 e. The van der Waals surface area contributed by atoms with Crippen LogP contribution in [0.15, 0.2) is 46.9 Å². The average molecular weight is 471 g/mol. The van der Waals surface area contributed by atoms with E-state index in [-0.39, 0.29) is 11.9 Å². The van der Waals surface area contributed by atoms with Crippen LogP contribution in [0.1, 0.15) is 23.6 Å². The summed E-state index contributed by atoms with van der Waals surface area (Å²) in [4.78, 5) is 31.7. The molecule has 2 heterocycles. The number of nitrogens with zero attached hydrogens (tertiary/aromatic N) is 3. The van der Waals surface area contributed by atoms with Gasteiger partial charge in [-0.25, -0.2) is 9.69 Å². The number of aryl methyl sites for hydroxylation is 1. The minimum atomic E-state index is -1.04. The van der Waals surface area contributed by atoms with E-state index in [0.717, 1.165) is 36.2 Å². The van der Waals surface area contributed by atoms with Crippen LogP contribution in [0.25, 0.3) is 0 Å². The lowest BCUT2D eigenvalue weighted by atomic mass is 9.92. The Bertz CT molecular complexity index is 987. The molecule has 2 aromatic carbocycles. The first-order valence-electron chi connectivity index (χ1n) is 10.2. The molecule has 0 bridgehead atoms. The number of amides is 3. The fourth-order valence-electron chi connectivity index (χ4n) is 4.23. The third-order valence-electron chi connectivity index (χ3n) is 6.31. The van der Waals surface area contributed by atoms with Gasteiger partial charge in [-0.05, 0) is 55.7 Å². The predicted octanol–water partition coefficient (Wildman–Crippen LogP) is 3.61. The van der Waals surface area contributed by atoms with Gasteiger partial charge in [0.2, 0.25) is 0 Å². The Morgan fingerprint density at radius 2 is 1.73 bits per heavy atom. The molecule has 2 aliphatic heterocycles. The molecule has 2 aliphatic rings. The lowest BCUT2D eigenvalue weighted by Gasteiger charge is -2.38. The first-order valence-corrected chi connectivity index (χ1v) is 11.0. The number of benzene rings is 2. The molecule has 7 heteroatoms. The van der Waals surface area contributed by atoms with E-state index >= 15 is 0 Å². The van der Waals surface area contributed by atoms with Gasteiger partial charge in [-0.2, -0.15) is 0 Å². The van der Waals surface area contributed by atoms with E-state index in [1.165, 1.54) is 21.7 Å². The van der Waals surface area contributed by atoms with Crippen LogP contribution in [-0.4, -0.2) is 54.6 Å². The Morgan fingerprint density at radius 1 is 1.03 bits per heavy atom. The molecule has 2 aromatic rings. The zero-order valence-electron chi connectivity index (χ0n) is 17.6. The Morgan fingerprint density at radius 3 is 2.43 bits per heavy atom. The number of nitrogens with one attached hydrogen (secondary N) is 1. The molecule has 2 saturated heterocycles. The molecule has 0 aromatic heterocycles. The van der Waals surface area contributed by atoms with Crippen LogP contribution in [0.4, 0.5) is 10.5 Å². The van der Waals surface area contributed by atoms with Gasteiger partial charge in [0.15, 0.2) is 0 Å². The van der Waals surface area contributed by atoms with Crippen LogP contribution in [0.5, 0.6) is 0 Å². The third-order valence-corrected chi connectivity index (χ3v) is 6.80. The Kier molecular flexibility index (Phi) is 5.59. The van der Waals surface area contributed by atoms with Crippen molar-refractivity contribution < 1.29 is 9.59 Å². The molecule has 0 radical (unpaired) electrons. The van der Waals surface area contributed by atoms with Gasteiger partial charge in [0, 0.05) is 36.3 Å². The maximum Gasteiger partial charge on any atom is 0.326 e. The summed E-state index contributed by atoms with van der Waals surface area (Å²) in [5.41, 5.74) is 3.61. The van der Waals surface area contributed by atoms with Gasteiger partial charge in [0.25, 0.3) is 5.91 Å². The molecular formula is C23H27BrN4O2. The Balaban J connectivity index is 1.42. The first kappa shape index (κ1) is 20.9. The van der Waals surface area contributed by atoms with E-state index in [2.05, 4.69) is 63.1 Å². The standard InChI is InChI=1S/C23H27BrN4O2/c1-16-6-4-9-20(17(16)2)27-12-10-26(11-13-27)15-28-21(29)23(3,25-22(28)30)18-7-5-8-19(24)14-18/h4-9,14H,10-13,15H2,1-3H3,(H,25,30). The summed E-state index contributed by atoms with van der Waals surface area (Å²) in [7, 11) is 0. The molecule has 158 valence electrons. The summed E-state index contributed by atoms with van der Waals surface area (Å²) in [5.74, 6) is -0.206. The van der Waals surface area contributed by atoms with Crippen molar-refractivity contribution in [2.24, 2.45) is 0 Å². The highest BCUT2D eigenvalue weighted by atomic mass is 79.9. The average Bonchev–Trinajstić information content (AvgIpc) is 2.95. The maximum atomic E-state index is 13.2. The van der Waals surface area contributed by atoms with Crippen molar-refractivity contribution in [1.82, 2.24) is 15.1 Å². The number of hydrogen-bond donors (Lipinski definition) is 1. The number of piperazine rings is 1. The summed E-state index contributed by atoms with van der Waals surface area (Å²) >= 11 is 3.45. The number of imide groups is 1. The maximum absolute atomic E-state index is 13.2. The van der Waals surface area contributed by atoms with E-state index in [1.54, 1.807) is 6.92 Å². The molecule has 1 atom stereocenters. The largest absolute Gasteiger partial charge is 0.369 e. The fourth-order valence-corrected chi connectivity index (χ4v) is 4.63. The van der Waals surface area contributed by atoms with Crippen LogP contribution >= 0.6 is 15.9 Å². The van der Waals surface area contributed by atoms with E-state index in [4.69, 9.17) is 0 Å². The van der Waals surface area contributed by atoms with Crippen molar-refractivity contribution in [2.75, 3.05) is 37.7 Å². The van der Waals surface area contributed by atoms with Crippen LogP contribution in [0, 0.1) is 13.8 Å². The van der Waals surface area contributed by atoms with Crippen molar-refractivity contribution in [2.45, 2.75) is 26.3 Å². The highest BCUT2D eigenvalue weighted by molar-refractivity contribution is 9.10. The van der Waals surface area contributed by atoms with Crippen LogP contribution < -0.4 is 10.2 Å². The van der Waals surface area contributed by atoms with E-state index in [9.17, 15) is 9.59 Å². The molecule has 2 fully saturated rings. The minimum Gasteiger partial charge on any atom is -0.369 e. The zero-order chi connectivity index (χ0) is 21.5. The number of rotatable bonds is 4. The second-order valence-corrected chi connectivity index (χ2v) is 9.18. The molecule has 0 saturated carbocycles. The first-order chi connectivity index (χ1) is 14.3. The summed E-state index contributed by atoms with van der Waals surface area (Å²) in [6, 6.07) is 13.6.